The normalized spacial score (nSPS) is 10.9. The smallest absolute Gasteiger partial charge is 0.303 e. The number of aliphatic carboxylic acids is 1. The van der Waals surface area contributed by atoms with Gasteiger partial charge < -0.3 is 5.11 Å². The number of hydrogen-bond donors (Lipinski definition) is 1. The summed E-state index contributed by atoms with van der Waals surface area (Å²) in [5.74, 6) is -0.653. The van der Waals surface area contributed by atoms with Crippen LogP contribution in [0.4, 0.5) is 0 Å². The van der Waals surface area contributed by atoms with Crippen molar-refractivity contribution in [2.24, 2.45) is 0 Å². The Morgan fingerprint density at radius 3 is 1.12 bits per heavy atom. The average Bonchev–Trinajstić information content (AvgIpc) is 2.85. The van der Waals surface area contributed by atoms with Crippen molar-refractivity contribution in [2.45, 2.75) is 110 Å². The van der Waals surface area contributed by atoms with Crippen LogP contribution < -0.4 is 0 Å². The van der Waals surface area contributed by atoms with E-state index in [0.29, 0.717) is 6.42 Å². The van der Waals surface area contributed by atoms with Gasteiger partial charge in [-0.25, -0.2) is 0 Å². The van der Waals surface area contributed by atoms with Crippen LogP contribution in [0.3, 0.4) is 0 Å². The molecule has 0 amide bonds. The van der Waals surface area contributed by atoms with Crippen molar-refractivity contribution < 1.29 is 9.90 Å². The van der Waals surface area contributed by atoms with Crippen molar-refractivity contribution in [3.63, 3.8) is 0 Å². The molecule has 0 unspecified atom stereocenters. The fourth-order valence-electron chi connectivity index (χ4n) is 4.53. The third-order valence-electron chi connectivity index (χ3n) is 6.61. The van der Waals surface area contributed by atoms with E-state index < -0.39 is 5.97 Å². The molecule has 34 heavy (non-hydrogen) atoms. The number of rotatable bonds is 16. The lowest BCUT2D eigenvalue weighted by Gasteiger charge is -2.03. The summed E-state index contributed by atoms with van der Waals surface area (Å²) in [5, 5.41) is 13.8. The van der Waals surface area contributed by atoms with E-state index in [1.807, 2.05) is 0 Å². The molecule has 2 nitrogen and oxygen atoms in total. The lowest BCUT2D eigenvalue weighted by atomic mass is 10.0. The zero-order chi connectivity index (χ0) is 24.3. The molecule has 0 saturated heterocycles. The van der Waals surface area contributed by atoms with Crippen molar-refractivity contribution in [3.05, 3.63) is 60.7 Å². The summed E-state index contributed by atoms with van der Waals surface area (Å²) in [7, 11) is 0. The van der Waals surface area contributed by atoms with Gasteiger partial charge in [0.05, 0.1) is 0 Å². The summed E-state index contributed by atoms with van der Waals surface area (Å²) in [6, 6.07) is 21.4. The number of hydrogen-bond acceptors (Lipinski definition) is 1. The molecule has 1 N–H and O–H groups in total. The van der Waals surface area contributed by atoms with Crippen molar-refractivity contribution >= 4 is 27.5 Å². The molecule has 0 aromatic heterocycles. The SMILES string of the molecule is CCCCCCCCCCCCCCCCCC(=O)O.c1ccc2cc3ccccc3cc2c1. The molecule has 0 atom stereocenters. The van der Waals surface area contributed by atoms with E-state index >= 15 is 0 Å². The summed E-state index contributed by atoms with van der Waals surface area (Å²) >= 11 is 0. The standard InChI is InChI=1S/C18H36O2.C14H10/c1-2-3-4-5-6-7-8-9-10-11-12-13-14-15-16-17-18(19)20;1-2-6-12-10-14-8-4-3-7-13(14)9-11(12)5-1/h2-17H2,1H3,(H,19,20);1-10H. The van der Waals surface area contributed by atoms with E-state index in [9.17, 15) is 4.79 Å². The van der Waals surface area contributed by atoms with Crippen LogP contribution in [-0.4, -0.2) is 11.1 Å². The van der Waals surface area contributed by atoms with Crippen LogP contribution in [0.2, 0.25) is 0 Å². The molecule has 0 aliphatic carbocycles. The molecule has 0 fully saturated rings. The van der Waals surface area contributed by atoms with Gasteiger partial charge >= 0.3 is 5.97 Å². The van der Waals surface area contributed by atoms with Crippen LogP contribution in [-0.2, 0) is 4.79 Å². The molecule has 0 aliphatic heterocycles. The molecule has 0 heterocycles. The molecule has 3 aromatic carbocycles. The minimum Gasteiger partial charge on any atom is -0.481 e. The van der Waals surface area contributed by atoms with Crippen molar-refractivity contribution in [1.82, 2.24) is 0 Å². The van der Waals surface area contributed by atoms with Crippen LogP contribution >= 0.6 is 0 Å². The highest BCUT2D eigenvalue weighted by atomic mass is 16.4. The predicted molar refractivity (Wildman–Crippen MR) is 149 cm³/mol. The molecule has 3 aromatic rings. The van der Waals surface area contributed by atoms with Gasteiger partial charge in [-0.2, -0.15) is 0 Å². The maximum atomic E-state index is 10.3. The monoisotopic (exact) mass is 462 g/mol. The Morgan fingerprint density at radius 2 is 0.824 bits per heavy atom. The summed E-state index contributed by atoms with van der Waals surface area (Å²) in [6.07, 6.45) is 20.2. The molecule has 0 bridgehead atoms. The molecule has 186 valence electrons. The summed E-state index contributed by atoms with van der Waals surface area (Å²) in [5.41, 5.74) is 0. The van der Waals surface area contributed by atoms with Gasteiger partial charge in [-0.1, -0.05) is 145 Å². The number of carboxylic acids is 1. The molecule has 0 radical (unpaired) electrons. The molecule has 0 spiro atoms. The zero-order valence-corrected chi connectivity index (χ0v) is 21.4. The van der Waals surface area contributed by atoms with Crippen molar-refractivity contribution in [2.75, 3.05) is 0 Å². The summed E-state index contributed by atoms with van der Waals surface area (Å²) < 4.78 is 0. The Hall–Kier alpha value is -2.35. The van der Waals surface area contributed by atoms with Gasteiger partial charge in [-0.15, -0.1) is 0 Å². The quantitative estimate of drug-likeness (QED) is 0.170. The topological polar surface area (TPSA) is 37.3 Å². The van der Waals surface area contributed by atoms with Crippen LogP contribution in [0, 0.1) is 0 Å². The second-order valence-corrected chi connectivity index (χ2v) is 9.64. The van der Waals surface area contributed by atoms with Gasteiger partial charge in [0.2, 0.25) is 0 Å². The summed E-state index contributed by atoms with van der Waals surface area (Å²) in [6.45, 7) is 2.27. The van der Waals surface area contributed by atoms with Gasteiger partial charge in [-0.3, -0.25) is 4.79 Å². The second-order valence-electron chi connectivity index (χ2n) is 9.64. The zero-order valence-electron chi connectivity index (χ0n) is 21.4. The summed E-state index contributed by atoms with van der Waals surface area (Å²) in [4.78, 5) is 10.3. The van der Waals surface area contributed by atoms with E-state index in [1.165, 1.54) is 105 Å². The maximum absolute atomic E-state index is 10.3. The highest BCUT2D eigenvalue weighted by Gasteiger charge is 1.97. The number of carboxylic acid groups (broad SMARTS) is 1. The van der Waals surface area contributed by atoms with Crippen LogP contribution in [0.15, 0.2) is 60.7 Å². The Kier molecular flexibility index (Phi) is 14.8. The third kappa shape index (κ3) is 12.2. The number of benzene rings is 3. The Morgan fingerprint density at radius 1 is 0.529 bits per heavy atom. The second kappa shape index (κ2) is 18.0. The van der Waals surface area contributed by atoms with Gasteiger partial charge in [-0.05, 0) is 40.1 Å². The minimum atomic E-state index is -0.653. The first-order valence-electron chi connectivity index (χ1n) is 13.8. The highest BCUT2D eigenvalue weighted by molar-refractivity contribution is 5.98. The first kappa shape index (κ1) is 27.9. The number of unbranched alkanes of at least 4 members (excludes halogenated alkanes) is 14. The first-order chi connectivity index (χ1) is 16.7. The van der Waals surface area contributed by atoms with Gasteiger partial charge in [0.25, 0.3) is 0 Å². The van der Waals surface area contributed by atoms with E-state index in [2.05, 4.69) is 67.6 Å². The molecular weight excluding hydrogens is 416 g/mol. The molecule has 2 heteroatoms. The lowest BCUT2D eigenvalue weighted by molar-refractivity contribution is -0.137. The molecule has 3 rings (SSSR count). The van der Waals surface area contributed by atoms with E-state index in [-0.39, 0.29) is 0 Å². The predicted octanol–water partition coefficient (Wildman–Crippen LogP) is 10.3. The largest absolute Gasteiger partial charge is 0.481 e. The third-order valence-corrected chi connectivity index (χ3v) is 6.61. The first-order valence-corrected chi connectivity index (χ1v) is 13.8. The lowest BCUT2D eigenvalue weighted by Crippen LogP contribution is -1.93. The van der Waals surface area contributed by atoms with E-state index in [0.717, 1.165) is 12.8 Å². The average molecular weight is 463 g/mol. The Bertz CT molecular complexity index is 825. The molecule has 0 saturated carbocycles. The molecular formula is C32H46O2. The maximum Gasteiger partial charge on any atom is 0.303 e. The van der Waals surface area contributed by atoms with Crippen molar-refractivity contribution in [1.29, 1.82) is 0 Å². The van der Waals surface area contributed by atoms with Gasteiger partial charge in [0.15, 0.2) is 0 Å². The Balaban J connectivity index is 0.000000252. The van der Waals surface area contributed by atoms with Crippen LogP contribution in [0.25, 0.3) is 21.5 Å². The Labute approximate surface area is 207 Å². The number of fused-ring (bicyclic) bond motifs is 2. The van der Waals surface area contributed by atoms with Gasteiger partial charge in [0.1, 0.15) is 0 Å². The van der Waals surface area contributed by atoms with Gasteiger partial charge in [0, 0.05) is 6.42 Å². The van der Waals surface area contributed by atoms with Crippen molar-refractivity contribution in [3.8, 4) is 0 Å². The fourth-order valence-corrected chi connectivity index (χ4v) is 4.53. The fraction of sp³-hybridized carbons (Fsp3) is 0.531. The minimum absolute atomic E-state index is 0.345. The molecule has 0 aliphatic rings. The van der Waals surface area contributed by atoms with Crippen LogP contribution in [0.1, 0.15) is 110 Å². The van der Waals surface area contributed by atoms with E-state index in [4.69, 9.17) is 5.11 Å². The van der Waals surface area contributed by atoms with Crippen LogP contribution in [0.5, 0.6) is 0 Å². The number of carbonyl (C=O) groups is 1. The van der Waals surface area contributed by atoms with E-state index in [1.54, 1.807) is 0 Å². The highest BCUT2D eigenvalue weighted by Crippen LogP contribution is 2.22.